The van der Waals surface area contributed by atoms with Crippen molar-refractivity contribution in [3.63, 3.8) is 0 Å². The third-order valence-electron chi connectivity index (χ3n) is 2.73. The minimum Gasteiger partial charge on any atom is -0.380 e. The van der Waals surface area contributed by atoms with Gasteiger partial charge >= 0.3 is 0 Å². The largest absolute Gasteiger partial charge is 0.380 e. The maximum absolute atomic E-state index is 9.26. The van der Waals surface area contributed by atoms with Crippen LogP contribution < -0.4 is 5.32 Å². The van der Waals surface area contributed by atoms with E-state index in [2.05, 4.69) is 39.4 Å². The molecule has 0 spiro atoms. The maximum atomic E-state index is 9.26. The van der Waals surface area contributed by atoms with Crippen molar-refractivity contribution < 1.29 is 0 Å². The van der Waals surface area contributed by atoms with E-state index in [0.717, 1.165) is 15.1 Å². The highest BCUT2D eigenvalue weighted by molar-refractivity contribution is 9.10. The van der Waals surface area contributed by atoms with E-state index in [1.807, 2.05) is 36.6 Å². The Morgan fingerprint density at radius 1 is 1.26 bits per heavy atom. The molecule has 0 aromatic heterocycles. The van der Waals surface area contributed by atoms with E-state index in [-0.39, 0.29) is 0 Å². The summed E-state index contributed by atoms with van der Waals surface area (Å²) >= 11 is 5.04. The maximum Gasteiger partial charge on any atom is 0.102 e. The van der Waals surface area contributed by atoms with E-state index in [4.69, 9.17) is 0 Å². The average Bonchev–Trinajstić information content (AvgIpc) is 2.44. The van der Waals surface area contributed by atoms with Crippen molar-refractivity contribution in [1.82, 2.24) is 0 Å². The van der Waals surface area contributed by atoms with E-state index in [1.54, 1.807) is 11.8 Å². The first-order valence-corrected chi connectivity index (χ1v) is 7.82. The molecule has 4 heteroatoms. The predicted octanol–water partition coefficient (Wildman–Crippen LogP) is 4.65. The first-order valence-electron chi connectivity index (χ1n) is 5.80. The summed E-state index contributed by atoms with van der Waals surface area (Å²) in [6, 6.07) is 16.3. The van der Waals surface area contributed by atoms with Crippen LogP contribution in [0.15, 0.2) is 51.8 Å². The second-order valence-corrected chi connectivity index (χ2v) is 5.74. The molecule has 0 atom stereocenters. The quantitative estimate of drug-likeness (QED) is 0.827. The van der Waals surface area contributed by atoms with Gasteiger partial charge < -0.3 is 5.32 Å². The lowest BCUT2D eigenvalue weighted by molar-refractivity contribution is 1.14. The molecule has 0 aliphatic carbocycles. The summed E-state index contributed by atoms with van der Waals surface area (Å²) in [6.45, 7) is 0.700. The second kappa shape index (κ2) is 6.65. The fourth-order valence-electron chi connectivity index (χ4n) is 1.81. The molecule has 2 aromatic rings. The Labute approximate surface area is 126 Å². The number of thioether (sulfide) groups is 1. The second-order valence-electron chi connectivity index (χ2n) is 3.98. The van der Waals surface area contributed by atoms with Crippen molar-refractivity contribution in [2.24, 2.45) is 0 Å². The van der Waals surface area contributed by atoms with Crippen molar-refractivity contribution in [2.75, 3.05) is 11.6 Å². The smallest absolute Gasteiger partial charge is 0.102 e. The Kier molecular flexibility index (Phi) is 4.89. The van der Waals surface area contributed by atoms with E-state index in [1.165, 1.54) is 5.56 Å². The fraction of sp³-hybridized carbons (Fsp3) is 0.133. The van der Waals surface area contributed by atoms with Gasteiger partial charge in [0, 0.05) is 15.9 Å². The van der Waals surface area contributed by atoms with Gasteiger partial charge in [0.15, 0.2) is 0 Å². The predicted molar refractivity (Wildman–Crippen MR) is 84.4 cm³/mol. The topological polar surface area (TPSA) is 35.8 Å². The number of benzene rings is 2. The zero-order chi connectivity index (χ0) is 13.7. The van der Waals surface area contributed by atoms with Crippen LogP contribution in [0.25, 0.3) is 0 Å². The Bertz CT molecular complexity index is 620. The molecule has 0 fully saturated rings. The first kappa shape index (κ1) is 14.0. The minimum atomic E-state index is 0.700. The molecule has 0 unspecified atom stereocenters. The average molecular weight is 333 g/mol. The molecule has 0 saturated heterocycles. The molecule has 19 heavy (non-hydrogen) atoms. The standard InChI is InChI=1S/C15H13BrN2S/c1-19-15-7-3-6-14(13(15)9-17)18-10-11-4-2-5-12(16)8-11/h2-8,18H,10H2,1H3. The van der Waals surface area contributed by atoms with Gasteiger partial charge in [-0.15, -0.1) is 11.8 Å². The van der Waals surface area contributed by atoms with Crippen molar-refractivity contribution in [2.45, 2.75) is 11.4 Å². The zero-order valence-corrected chi connectivity index (χ0v) is 12.9. The summed E-state index contributed by atoms with van der Waals surface area (Å²) in [5.41, 5.74) is 2.77. The number of hydrogen-bond acceptors (Lipinski definition) is 3. The monoisotopic (exact) mass is 332 g/mol. The summed E-state index contributed by atoms with van der Waals surface area (Å²) in [6.07, 6.45) is 1.98. The van der Waals surface area contributed by atoms with Gasteiger partial charge in [0.1, 0.15) is 6.07 Å². The number of hydrogen-bond donors (Lipinski definition) is 1. The number of anilines is 1. The van der Waals surface area contributed by atoms with Gasteiger partial charge in [-0.1, -0.05) is 34.1 Å². The Morgan fingerprint density at radius 2 is 2.05 bits per heavy atom. The van der Waals surface area contributed by atoms with Gasteiger partial charge in [0.25, 0.3) is 0 Å². The number of rotatable bonds is 4. The number of nitrogens with one attached hydrogen (secondary N) is 1. The Hall–Kier alpha value is -1.44. The van der Waals surface area contributed by atoms with Gasteiger partial charge in [-0.3, -0.25) is 0 Å². The summed E-state index contributed by atoms with van der Waals surface area (Å²) in [5, 5.41) is 12.6. The zero-order valence-electron chi connectivity index (χ0n) is 10.5. The molecule has 0 aliphatic heterocycles. The van der Waals surface area contributed by atoms with E-state index in [9.17, 15) is 5.26 Å². The van der Waals surface area contributed by atoms with Crippen molar-refractivity contribution >= 4 is 33.4 Å². The van der Waals surface area contributed by atoms with Crippen LogP contribution in [0.2, 0.25) is 0 Å². The number of nitriles is 1. The summed E-state index contributed by atoms with van der Waals surface area (Å²) < 4.78 is 1.06. The van der Waals surface area contributed by atoms with Crippen LogP contribution in [0.1, 0.15) is 11.1 Å². The van der Waals surface area contributed by atoms with Crippen molar-refractivity contribution in [1.29, 1.82) is 5.26 Å². The van der Waals surface area contributed by atoms with E-state index in [0.29, 0.717) is 12.1 Å². The number of nitrogens with zero attached hydrogens (tertiary/aromatic N) is 1. The third kappa shape index (κ3) is 3.52. The van der Waals surface area contributed by atoms with Crippen LogP contribution in [-0.4, -0.2) is 6.26 Å². The van der Waals surface area contributed by atoms with Crippen LogP contribution in [0, 0.1) is 11.3 Å². The van der Waals surface area contributed by atoms with Crippen LogP contribution in [-0.2, 0) is 6.54 Å². The molecule has 0 bridgehead atoms. The van der Waals surface area contributed by atoms with Gasteiger partial charge in [0.2, 0.25) is 0 Å². The number of halogens is 1. The van der Waals surface area contributed by atoms with Crippen LogP contribution in [0.4, 0.5) is 5.69 Å². The molecule has 0 radical (unpaired) electrons. The molecular weight excluding hydrogens is 320 g/mol. The molecule has 2 aromatic carbocycles. The highest BCUT2D eigenvalue weighted by atomic mass is 79.9. The molecule has 2 rings (SSSR count). The van der Waals surface area contributed by atoms with Gasteiger partial charge in [-0.25, -0.2) is 0 Å². The van der Waals surface area contributed by atoms with E-state index >= 15 is 0 Å². The lowest BCUT2D eigenvalue weighted by Gasteiger charge is -2.10. The van der Waals surface area contributed by atoms with Crippen molar-refractivity contribution in [3.05, 3.63) is 58.1 Å². The van der Waals surface area contributed by atoms with Crippen molar-refractivity contribution in [3.8, 4) is 6.07 Å². The molecule has 96 valence electrons. The molecule has 0 aliphatic rings. The first-order chi connectivity index (χ1) is 9.24. The highest BCUT2D eigenvalue weighted by Gasteiger charge is 2.06. The minimum absolute atomic E-state index is 0.700. The van der Waals surface area contributed by atoms with Crippen LogP contribution in [0.5, 0.6) is 0 Å². The van der Waals surface area contributed by atoms with Gasteiger partial charge in [-0.05, 0) is 36.1 Å². The van der Waals surface area contributed by atoms with Crippen LogP contribution in [0.3, 0.4) is 0 Å². The molecule has 0 saturated carbocycles. The molecule has 2 nitrogen and oxygen atoms in total. The lowest BCUT2D eigenvalue weighted by Crippen LogP contribution is -2.01. The highest BCUT2D eigenvalue weighted by Crippen LogP contribution is 2.26. The van der Waals surface area contributed by atoms with Gasteiger partial charge in [-0.2, -0.15) is 5.26 Å². The SMILES string of the molecule is CSc1cccc(NCc2cccc(Br)c2)c1C#N. The summed E-state index contributed by atoms with van der Waals surface area (Å²) in [5.74, 6) is 0. The third-order valence-corrected chi connectivity index (χ3v) is 4.00. The fourth-order valence-corrected chi connectivity index (χ4v) is 2.83. The Balaban J connectivity index is 2.18. The summed E-state index contributed by atoms with van der Waals surface area (Å²) in [4.78, 5) is 1.00. The van der Waals surface area contributed by atoms with E-state index < -0.39 is 0 Å². The molecule has 0 amide bonds. The lowest BCUT2D eigenvalue weighted by atomic mass is 10.1. The Morgan fingerprint density at radius 3 is 2.74 bits per heavy atom. The van der Waals surface area contributed by atoms with Gasteiger partial charge in [0.05, 0.1) is 11.3 Å². The molecular formula is C15H13BrN2S. The molecule has 1 N–H and O–H groups in total. The summed E-state index contributed by atoms with van der Waals surface area (Å²) in [7, 11) is 0. The van der Waals surface area contributed by atoms with Crippen LogP contribution >= 0.6 is 27.7 Å². The molecule has 0 heterocycles. The normalized spacial score (nSPS) is 9.95.